The number of nitrogens with zero attached hydrogens (tertiary/aromatic N) is 5. The summed E-state index contributed by atoms with van der Waals surface area (Å²) in [5.74, 6) is 0. The van der Waals surface area contributed by atoms with Crippen molar-refractivity contribution in [1.82, 2.24) is 24.6 Å². The zero-order valence-electron chi connectivity index (χ0n) is 10.2. The van der Waals surface area contributed by atoms with Crippen LogP contribution < -0.4 is 0 Å². The van der Waals surface area contributed by atoms with Crippen LogP contribution in [0.2, 0.25) is 0 Å². The normalized spacial score (nSPS) is 11.2. The lowest BCUT2D eigenvalue weighted by molar-refractivity contribution is 0.323. The fourth-order valence-electron chi connectivity index (χ4n) is 1.59. The Hall–Kier alpha value is -1.27. The van der Waals surface area contributed by atoms with Crippen LogP contribution in [0, 0.1) is 6.92 Å². The van der Waals surface area contributed by atoms with Crippen molar-refractivity contribution in [2.45, 2.75) is 19.9 Å². The van der Waals surface area contributed by atoms with Gasteiger partial charge in [-0.25, -0.2) is 4.98 Å². The van der Waals surface area contributed by atoms with E-state index in [0.29, 0.717) is 0 Å². The second-order valence-electron chi connectivity index (χ2n) is 4.11. The Labute approximate surface area is 105 Å². The van der Waals surface area contributed by atoms with Crippen LogP contribution in [-0.4, -0.2) is 44.8 Å². The van der Waals surface area contributed by atoms with Crippen molar-refractivity contribution in [2.75, 3.05) is 20.1 Å². The zero-order valence-corrected chi connectivity index (χ0v) is 11.0. The summed E-state index contributed by atoms with van der Waals surface area (Å²) in [5.41, 5.74) is 3.09. The molecule has 0 bridgehead atoms. The molecule has 2 aromatic heterocycles. The molecule has 0 unspecified atom stereocenters. The Balaban J connectivity index is 1.71. The SMILES string of the molecule is Cc1ncsc1CCN(C)CCn1cnnc1. The summed E-state index contributed by atoms with van der Waals surface area (Å²) in [7, 11) is 2.14. The second kappa shape index (κ2) is 5.88. The van der Waals surface area contributed by atoms with E-state index < -0.39 is 0 Å². The zero-order chi connectivity index (χ0) is 12.1. The quantitative estimate of drug-likeness (QED) is 0.774. The third-order valence-electron chi connectivity index (χ3n) is 2.77. The molecule has 17 heavy (non-hydrogen) atoms. The highest BCUT2D eigenvalue weighted by Gasteiger charge is 2.04. The molecule has 0 aliphatic carbocycles. The van der Waals surface area contributed by atoms with Crippen LogP contribution in [0.5, 0.6) is 0 Å². The van der Waals surface area contributed by atoms with Gasteiger partial charge in [-0.1, -0.05) is 0 Å². The highest BCUT2D eigenvalue weighted by Crippen LogP contribution is 2.12. The second-order valence-corrected chi connectivity index (χ2v) is 5.05. The van der Waals surface area contributed by atoms with Crippen molar-refractivity contribution >= 4 is 11.3 Å². The number of aryl methyl sites for hydroxylation is 1. The molecule has 2 heterocycles. The van der Waals surface area contributed by atoms with Crippen LogP contribution in [0.15, 0.2) is 18.2 Å². The summed E-state index contributed by atoms with van der Waals surface area (Å²) in [4.78, 5) is 7.97. The molecule has 0 atom stereocenters. The van der Waals surface area contributed by atoms with Crippen LogP contribution in [0.4, 0.5) is 0 Å². The molecule has 2 rings (SSSR count). The molecule has 0 aromatic carbocycles. The molecule has 0 aliphatic rings. The predicted octanol–water partition coefficient (Wildman–Crippen LogP) is 1.22. The van der Waals surface area contributed by atoms with E-state index in [2.05, 4.69) is 34.1 Å². The van der Waals surface area contributed by atoms with Gasteiger partial charge in [0.15, 0.2) is 0 Å². The standard InChI is InChI=1S/C11H17N5S/c1-10-11(17-9-12-10)3-4-15(2)5-6-16-7-13-14-8-16/h7-9H,3-6H2,1-2H3. The van der Waals surface area contributed by atoms with Gasteiger partial charge in [0.05, 0.1) is 11.2 Å². The van der Waals surface area contributed by atoms with E-state index in [4.69, 9.17) is 0 Å². The summed E-state index contributed by atoms with van der Waals surface area (Å²) in [5, 5.41) is 7.57. The first-order chi connectivity index (χ1) is 8.25. The molecule has 6 heteroatoms. The Kier molecular flexibility index (Phi) is 4.22. The minimum Gasteiger partial charge on any atom is -0.319 e. The van der Waals surface area contributed by atoms with E-state index >= 15 is 0 Å². The van der Waals surface area contributed by atoms with Crippen molar-refractivity contribution in [2.24, 2.45) is 0 Å². The van der Waals surface area contributed by atoms with E-state index in [1.54, 1.807) is 24.0 Å². The van der Waals surface area contributed by atoms with Crippen molar-refractivity contribution in [3.05, 3.63) is 28.7 Å². The lowest BCUT2D eigenvalue weighted by Gasteiger charge is -2.16. The molecule has 0 spiro atoms. The molecule has 2 aromatic rings. The molecule has 5 nitrogen and oxygen atoms in total. The van der Waals surface area contributed by atoms with Gasteiger partial charge < -0.3 is 9.47 Å². The molecule has 92 valence electrons. The summed E-state index contributed by atoms with van der Waals surface area (Å²) >= 11 is 1.74. The molecule has 0 amide bonds. The summed E-state index contributed by atoms with van der Waals surface area (Å²) in [6.45, 7) is 5.08. The summed E-state index contributed by atoms with van der Waals surface area (Å²) < 4.78 is 1.99. The first-order valence-electron chi connectivity index (χ1n) is 5.65. The fourth-order valence-corrected chi connectivity index (χ4v) is 2.36. The number of hydrogen-bond donors (Lipinski definition) is 0. The van der Waals surface area contributed by atoms with Gasteiger partial charge >= 0.3 is 0 Å². The van der Waals surface area contributed by atoms with E-state index in [1.807, 2.05) is 10.1 Å². The van der Waals surface area contributed by atoms with E-state index in [1.165, 1.54) is 10.6 Å². The van der Waals surface area contributed by atoms with E-state index in [9.17, 15) is 0 Å². The molecular formula is C11H17N5S. The minimum absolute atomic E-state index is 0.936. The van der Waals surface area contributed by atoms with Crippen molar-refractivity contribution in [3.63, 3.8) is 0 Å². The van der Waals surface area contributed by atoms with E-state index in [0.717, 1.165) is 26.1 Å². The van der Waals surface area contributed by atoms with Crippen LogP contribution in [-0.2, 0) is 13.0 Å². The molecule has 0 fully saturated rings. The van der Waals surface area contributed by atoms with Crippen molar-refractivity contribution in [3.8, 4) is 0 Å². The number of thiazole rings is 1. The van der Waals surface area contributed by atoms with Gasteiger partial charge in [0.1, 0.15) is 12.7 Å². The third kappa shape index (κ3) is 3.61. The summed E-state index contributed by atoms with van der Waals surface area (Å²) in [6.07, 6.45) is 4.58. The minimum atomic E-state index is 0.936. The molecule has 0 aliphatic heterocycles. The topological polar surface area (TPSA) is 46.8 Å². The Bertz CT molecular complexity index is 436. The third-order valence-corrected chi connectivity index (χ3v) is 3.77. The maximum Gasteiger partial charge on any atom is 0.119 e. The number of aromatic nitrogens is 4. The highest BCUT2D eigenvalue weighted by atomic mass is 32.1. The lowest BCUT2D eigenvalue weighted by Crippen LogP contribution is -2.25. The van der Waals surface area contributed by atoms with Gasteiger partial charge in [0.2, 0.25) is 0 Å². The van der Waals surface area contributed by atoms with Crippen LogP contribution in [0.1, 0.15) is 10.6 Å². The van der Waals surface area contributed by atoms with Gasteiger partial charge in [0.25, 0.3) is 0 Å². The average Bonchev–Trinajstić information content (AvgIpc) is 2.95. The van der Waals surface area contributed by atoms with Gasteiger partial charge in [-0.2, -0.15) is 0 Å². The van der Waals surface area contributed by atoms with Crippen molar-refractivity contribution in [1.29, 1.82) is 0 Å². The summed E-state index contributed by atoms with van der Waals surface area (Å²) in [6, 6.07) is 0. The maximum absolute atomic E-state index is 4.26. The fraction of sp³-hybridized carbons (Fsp3) is 0.545. The first-order valence-corrected chi connectivity index (χ1v) is 6.53. The van der Waals surface area contributed by atoms with Crippen LogP contribution in [0.25, 0.3) is 0 Å². The smallest absolute Gasteiger partial charge is 0.119 e. The number of hydrogen-bond acceptors (Lipinski definition) is 5. The largest absolute Gasteiger partial charge is 0.319 e. The molecule has 0 saturated heterocycles. The predicted molar refractivity (Wildman–Crippen MR) is 68.1 cm³/mol. The number of likely N-dealkylation sites (N-methyl/N-ethyl adjacent to an activating group) is 1. The van der Waals surface area contributed by atoms with E-state index in [-0.39, 0.29) is 0 Å². The van der Waals surface area contributed by atoms with Crippen molar-refractivity contribution < 1.29 is 0 Å². The average molecular weight is 251 g/mol. The maximum atomic E-state index is 4.26. The Morgan fingerprint density at radius 2 is 2.06 bits per heavy atom. The first kappa shape index (κ1) is 12.2. The number of rotatable bonds is 6. The van der Waals surface area contributed by atoms with Crippen LogP contribution >= 0.6 is 11.3 Å². The Morgan fingerprint density at radius 1 is 1.29 bits per heavy atom. The molecular weight excluding hydrogens is 234 g/mol. The van der Waals surface area contributed by atoms with Gasteiger partial charge in [-0.05, 0) is 20.4 Å². The highest BCUT2D eigenvalue weighted by molar-refractivity contribution is 7.09. The van der Waals surface area contributed by atoms with Gasteiger partial charge in [-0.15, -0.1) is 21.5 Å². The molecule has 0 radical (unpaired) electrons. The van der Waals surface area contributed by atoms with Gasteiger partial charge in [-0.3, -0.25) is 0 Å². The van der Waals surface area contributed by atoms with Crippen LogP contribution in [0.3, 0.4) is 0 Å². The monoisotopic (exact) mass is 251 g/mol. The van der Waals surface area contributed by atoms with Gasteiger partial charge in [0, 0.05) is 24.5 Å². The lowest BCUT2D eigenvalue weighted by atomic mass is 10.3. The molecule has 0 saturated carbocycles. The Morgan fingerprint density at radius 3 is 2.71 bits per heavy atom. The molecule has 0 N–H and O–H groups in total.